The summed E-state index contributed by atoms with van der Waals surface area (Å²) in [5, 5.41) is 2.00. The van der Waals surface area contributed by atoms with E-state index in [-0.39, 0.29) is 23.3 Å². The molecule has 0 aliphatic carbocycles. The van der Waals surface area contributed by atoms with Crippen LogP contribution in [0.25, 0.3) is 0 Å². The molecule has 1 N–H and O–H groups in total. The SMILES string of the molecule is CN1C2CCCC1(C(=O)NN1CC(C)(C)c3ccccc31)CN(C(=O)c1ccccc1)C2. The number of para-hydroxylation sites is 1. The van der Waals surface area contributed by atoms with E-state index in [9.17, 15) is 9.59 Å². The first-order valence-electron chi connectivity index (χ1n) is 11.6. The van der Waals surface area contributed by atoms with Gasteiger partial charge in [-0.2, -0.15) is 0 Å². The molecule has 2 unspecified atom stereocenters. The lowest BCUT2D eigenvalue weighted by atomic mass is 9.79. The molecule has 3 heterocycles. The van der Waals surface area contributed by atoms with Crippen LogP contribution in [0.15, 0.2) is 54.6 Å². The van der Waals surface area contributed by atoms with E-state index in [1.807, 2.05) is 46.3 Å². The van der Waals surface area contributed by atoms with Gasteiger partial charge in [0.05, 0.1) is 5.69 Å². The van der Waals surface area contributed by atoms with Crippen molar-refractivity contribution in [3.05, 3.63) is 65.7 Å². The molecule has 0 saturated carbocycles. The number of likely N-dealkylation sites (tertiary alicyclic amines) is 1. The van der Waals surface area contributed by atoms with Gasteiger partial charge >= 0.3 is 0 Å². The third kappa shape index (κ3) is 3.28. The van der Waals surface area contributed by atoms with E-state index >= 15 is 0 Å². The van der Waals surface area contributed by atoms with Gasteiger partial charge in [0.25, 0.3) is 11.8 Å². The minimum Gasteiger partial charge on any atom is -0.335 e. The van der Waals surface area contributed by atoms with Crippen LogP contribution in [-0.4, -0.2) is 59.9 Å². The van der Waals surface area contributed by atoms with Crippen LogP contribution in [0.2, 0.25) is 0 Å². The van der Waals surface area contributed by atoms with E-state index in [0.29, 0.717) is 18.7 Å². The number of hydrogen-bond donors (Lipinski definition) is 1. The molecule has 3 aliphatic rings. The van der Waals surface area contributed by atoms with E-state index < -0.39 is 5.54 Å². The Bertz CT molecular complexity index is 1040. The Morgan fingerprint density at radius 3 is 2.50 bits per heavy atom. The molecule has 2 aromatic rings. The van der Waals surface area contributed by atoms with Crippen molar-refractivity contribution in [2.45, 2.75) is 50.1 Å². The third-order valence-electron chi connectivity index (χ3n) is 7.68. The Hall–Kier alpha value is -2.86. The van der Waals surface area contributed by atoms with Crippen molar-refractivity contribution in [3.63, 3.8) is 0 Å². The first-order valence-corrected chi connectivity index (χ1v) is 11.6. The molecule has 2 bridgehead atoms. The van der Waals surface area contributed by atoms with Crippen LogP contribution < -0.4 is 10.4 Å². The number of nitrogens with zero attached hydrogens (tertiary/aromatic N) is 3. The number of hydrogen-bond acceptors (Lipinski definition) is 4. The van der Waals surface area contributed by atoms with Crippen LogP contribution in [0.1, 0.15) is 49.0 Å². The van der Waals surface area contributed by atoms with Gasteiger partial charge in [0.2, 0.25) is 0 Å². The molecule has 0 spiro atoms. The normalized spacial score (nSPS) is 26.5. The highest BCUT2D eigenvalue weighted by atomic mass is 16.2. The molecule has 6 nitrogen and oxygen atoms in total. The molecule has 2 saturated heterocycles. The van der Waals surface area contributed by atoms with Crippen molar-refractivity contribution in [3.8, 4) is 0 Å². The number of fused-ring (bicyclic) bond motifs is 3. The summed E-state index contributed by atoms with van der Waals surface area (Å²) in [4.78, 5) is 31.3. The van der Waals surface area contributed by atoms with Gasteiger partial charge < -0.3 is 4.90 Å². The molecule has 0 radical (unpaired) electrons. The fraction of sp³-hybridized carbons (Fsp3) is 0.462. The van der Waals surface area contributed by atoms with Crippen LogP contribution in [0.4, 0.5) is 5.69 Å². The molecular formula is C26H32N4O2. The number of carbonyl (C=O) groups excluding carboxylic acids is 2. The smallest absolute Gasteiger partial charge is 0.260 e. The van der Waals surface area contributed by atoms with E-state index in [2.05, 4.69) is 49.4 Å². The maximum Gasteiger partial charge on any atom is 0.260 e. The summed E-state index contributed by atoms with van der Waals surface area (Å²) in [6.07, 6.45) is 2.75. The minimum absolute atomic E-state index is 0.00965. The molecular weight excluding hydrogens is 400 g/mol. The summed E-state index contributed by atoms with van der Waals surface area (Å²) in [7, 11) is 2.05. The lowest BCUT2D eigenvalue weighted by Crippen LogP contribution is -2.73. The van der Waals surface area contributed by atoms with Gasteiger partial charge in [-0.15, -0.1) is 0 Å². The highest BCUT2D eigenvalue weighted by Crippen LogP contribution is 2.41. The number of nitrogens with one attached hydrogen (secondary N) is 1. The van der Waals surface area contributed by atoms with Crippen molar-refractivity contribution in [1.29, 1.82) is 0 Å². The number of piperazine rings is 1. The highest BCUT2D eigenvalue weighted by molar-refractivity contribution is 5.96. The molecule has 3 aliphatic heterocycles. The van der Waals surface area contributed by atoms with E-state index in [0.717, 1.165) is 31.5 Å². The van der Waals surface area contributed by atoms with Crippen LogP contribution in [0.3, 0.4) is 0 Å². The third-order valence-corrected chi connectivity index (χ3v) is 7.68. The first-order chi connectivity index (χ1) is 15.3. The standard InChI is InChI=1S/C26H32N4O2/c1-25(2)17-30(22-14-8-7-13-21(22)25)27-24(32)26-15-9-12-20(28(26)3)16-29(18-26)23(31)19-10-5-4-6-11-19/h4-8,10-11,13-14,20H,9,12,15-18H2,1-3H3,(H,27,32). The van der Waals surface area contributed by atoms with Gasteiger partial charge in [0.15, 0.2) is 0 Å². The van der Waals surface area contributed by atoms with Crippen molar-refractivity contribution >= 4 is 17.5 Å². The average molecular weight is 433 g/mol. The Balaban J connectivity index is 1.42. The monoisotopic (exact) mass is 432 g/mol. The quantitative estimate of drug-likeness (QED) is 0.809. The summed E-state index contributed by atoms with van der Waals surface area (Å²) in [5.41, 5.74) is 5.49. The number of rotatable bonds is 3. The average Bonchev–Trinajstić information content (AvgIpc) is 3.04. The van der Waals surface area contributed by atoms with Crippen molar-refractivity contribution in [2.24, 2.45) is 0 Å². The summed E-state index contributed by atoms with van der Waals surface area (Å²) in [5.74, 6) is -0.00167. The first kappa shape index (κ1) is 21.0. The fourth-order valence-corrected chi connectivity index (χ4v) is 5.83. The Morgan fingerprint density at radius 2 is 1.72 bits per heavy atom. The van der Waals surface area contributed by atoms with Crippen LogP contribution in [0, 0.1) is 0 Å². The van der Waals surface area contributed by atoms with Gasteiger partial charge in [0.1, 0.15) is 5.54 Å². The molecule has 2 aromatic carbocycles. The molecule has 2 fully saturated rings. The number of hydrazine groups is 1. The molecule has 168 valence electrons. The zero-order chi connectivity index (χ0) is 22.5. The van der Waals surface area contributed by atoms with Crippen LogP contribution in [-0.2, 0) is 10.2 Å². The maximum absolute atomic E-state index is 13.9. The molecule has 2 amide bonds. The molecule has 2 atom stereocenters. The van der Waals surface area contributed by atoms with Crippen molar-refractivity contribution in [1.82, 2.24) is 15.2 Å². The van der Waals surface area contributed by atoms with Gasteiger partial charge in [-0.3, -0.25) is 24.9 Å². The van der Waals surface area contributed by atoms with Crippen LogP contribution in [0.5, 0.6) is 0 Å². The van der Waals surface area contributed by atoms with Gasteiger partial charge in [-0.1, -0.05) is 50.2 Å². The highest BCUT2D eigenvalue weighted by Gasteiger charge is 2.53. The molecule has 32 heavy (non-hydrogen) atoms. The topological polar surface area (TPSA) is 55.9 Å². The van der Waals surface area contributed by atoms with Gasteiger partial charge in [-0.25, -0.2) is 0 Å². The number of carbonyl (C=O) groups is 2. The Morgan fingerprint density at radius 1 is 1.00 bits per heavy atom. The van der Waals surface area contributed by atoms with Gasteiger partial charge in [-0.05, 0) is 50.1 Å². The number of piperidine rings is 1. The predicted molar refractivity (Wildman–Crippen MR) is 125 cm³/mol. The van der Waals surface area contributed by atoms with Crippen molar-refractivity contribution in [2.75, 3.05) is 31.7 Å². The lowest BCUT2D eigenvalue weighted by Gasteiger charge is -2.55. The second-order valence-corrected chi connectivity index (χ2v) is 10.2. The Labute approximate surface area is 190 Å². The molecule has 6 heteroatoms. The fourth-order valence-electron chi connectivity index (χ4n) is 5.83. The second kappa shape index (κ2) is 7.62. The van der Waals surface area contributed by atoms with E-state index in [4.69, 9.17) is 0 Å². The number of benzene rings is 2. The van der Waals surface area contributed by atoms with E-state index in [1.165, 1.54) is 5.56 Å². The predicted octanol–water partition coefficient (Wildman–Crippen LogP) is 3.19. The second-order valence-electron chi connectivity index (χ2n) is 10.2. The summed E-state index contributed by atoms with van der Waals surface area (Å²) in [6.45, 7) is 6.23. The largest absolute Gasteiger partial charge is 0.335 e. The minimum atomic E-state index is -0.715. The Kier molecular flexibility index (Phi) is 5.01. The number of anilines is 1. The summed E-state index contributed by atoms with van der Waals surface area (Å²) < 4.78 is 0. The van der Waals surface area contributed by atoms with E-state index in [1.54, 1.807) is 0 Å². The number of amides is 2. The zero-order valence-electron chi connectivity index (χ0n) is 19.2. The van der Waals surface area contributed by atoms with Gasteiger partial charge in [0, 0.05) is 36.7 Å². The van der Waals surface area contributed by atoms with Crippen LogP contribution >= 0.6 is 0 Å². The molecule has 5 rings (SSSR count). The zero-order valence-corrected chi connectivity index (χ0v) is 19.2. The molecule has 0 aromatic heterocycles. The summed E-state index contributed by atoms with van der Waals surface area (Å²) >= 11 is 0. The maximum atomic E-state index is 13.9. The van der Waals surface area contributed by atoms with Crippen molar-refractivity contribution < 1.29 is 9.59 Å². The summed E-state index contributed by atoms with van der Waals surface area (Å²) in [6, 6.07) is 17.9. The number of likely N-dealkylation sites (N-methyl/N-ethyl adjacent to an activating group) is 1. The lowest BCUT2D eigenvalue weighted by molar-refractivity contribution is -0.144.